The molecule has 1 heterocycles. The standard InChI is InChI=1S/C11H18N6O4/c1-3-4-13-11-15-6(2)8(17(20)21)10(16-11)14-5-7(18)9(12)19/h7,18H,3-5H2,1-2H3,(H2,12,19)(H2,13,14,15,16). The number of carbonyl (C=O) groups excluding carboxylic acids is 1. The molecule has 1 aromatic heterocycles. The summed E-state index contributed by atoms with van der Waals surface area (Å²) < 4.78 is 0. The number of nitro groups is 1. The van der Waals surface area contributed by atoms with E-state index in [1.807, 2.05) is 6.92 Å². The number of nitrogens with one attached hydrogen (secondary N) is 2. The monoisotopic (exact) mass is 298 g/mol. The predicted molar refractivity (Wildman–Crippen MR) is 75.9 cm³/mol. The van der Waals surface area contributed by atoms with Gasteiger partial charge in [-0.1, -0.05) is 6.92 Å². The average Bonchev–Trinajstić information content (AvgIpc) is 2.41. The lowest BCUT2D eigenvalue weighted by Crippen LogP contribution is -2.34. The molecule has 0 aliphatic rings. The Morgan fingerprint density at radius 2 is 2.14 bits per heavy atom. The van der Waals surface area contributed by atoms with E-state index in [0.717, 1.165) is 6.42 Å². The first-order valence-electron chi connectivity index (χ1n) is 6.35. The highest BCUT2D eigenvalue weighted by atomic mass is 16.6. The first-order valence-corrected chi connectivity index (χ1v) is 6.35. The largest absolute Gasteiger partial charge is 0.381 e. The van der Waals surface area contributed by atoms with E-state index in [1.165, 1.54) is 6.92 Å². The first-order chi connectivity index (χ1) is 9.86. The van der Waals surface area contributed by atoms with Crippen molar-refractivity contribution in [3.63, 3.8) is 0 Å². The first kappa shape index (κ1) is 16.6. The normalized spacial score (nSPS) is 11.8. The molecule has 1 aromatic rings. The number of primary amides is 1. The van der Waals surface area contributed by atoms with Crippen LogP contribution in [0.3, 0.4) is 0 Å². The van der Waals surface area contributed by atoms with Crippen LogP contribution in [0.5, 0.6) is 0 Å². The summed E-state index contributed by atoms with van der Waals surface area (Å²) in [6.07, 6.45) is -0.630. The maximum atomic E-state index is 11.1. The van der Waals surface area contributed by atoms with Crippen molar-refractivity contribution in [2.75, 3.05) is 23.7 Å². The second kappa shape index (κ2) is 7.33. The molecule has 0 aromatic carbocycles. The number of hydrogen-bond acceptors (Lipinski definition) is 8. The van der Waals surface area contributed by atoms with Crippen LogP contribution < -0.4 is 16.4 Å². The molecule has 0 bridgehead atoms. The van der Waals surface area contributed by atoms with E-state index in [0.29, 0.717) is 6.54 Å². The molecule has 0 spiro atoms. The highest BCUT2D eigenvalue weighted by molar-refractivity contribution is 5.79. The zero-order valence-electron chi connectivity index (χ0n) is 11.8. The van der Waals surface area contributed by atoms with Gasteiger partial charge >= 0.3 is 5.69 Å². The summed E-state index contributed by atoms with van der Waals surface area (Å²) in [5, 5.41) is 25.9. The third kappa shape index (κ3) is 4.53. The third-order valence-corrected chi connectivity index (χ3v) is 2.57. The summed E-state index contributed by atoms with van der Waals surface area (Å²) >= 11 is 0. The second-order valence-electron chi connectivity index (χ2n) is 4.31. The minimum atomic E-state index is -1.47. The Morgan fingerprint density at radius 3 is 2.67 bits per heavy atom. The van der Waals surface area contributed by atoms with E-state index in [4.69, 9.17) is 5.73 Å². The molecule has 10 nitrogen and oxygen atoms in total. The smallest absolute Gasteiger partial charge is 0.332 e. The van der Waals surface area contributed by atoms with Crippen LogP contribution in [0.4, 0.5) is 17.5 Å². The Balaban J connectivity index is 3.03. The molecular formula is C11H18N6O4. The lowest BCUT2D eigenvalue weighted by Gasteiger charge is -2.12. The van der Waals surface area contributed by atoms with Crippen molar-refractivity contribution in [3.8, 4) is 0 Å². The molecule has 0 aliphatic heterocycles. The van der Waals surface area contributed by atoms with Gasteiger partial charge in [-0.25, -0.2) is 4.98 Å². The number of aromatic nitrogens is 2. The number of amides is 1. The highest BCUT2D eigenvalue weighted by Crippen LogP contribution is 2.26. The fraction of sp³-hybridized carbons (Fsp3) is 0.545. The number of aryl methyl sites for hydroxylation is 1. The van der Waals surface area contributed by atoms with Gasteiger partial charge < -0.3 is 21.5 Å². The molecule has 0 radical (unpaired) electrons. The molecule has 1 rings (SSSR count). The number of nitrogens with zero attached hydrogens (tertiary/aromatic N) is 3. The number of hydrogen-bond donors (Lipinski definition) is 4. The predicted octanol–water partition coefficient (Wildman–Crippen LogP) is -0.227. The number of aliphatic hydroxyl groups excluding tert-OH is 1. The Labute approximate surface area is 120 Å². The number of anilines is 2. The molecule has 5 N–H and O–H groups in total. The van der Waals surface area contributed by atoms with Gasteiger partial charge in [0, 0.05) is 6.54 Å². The number of nitrogens with two attached hydrogens (primary N) is 1. The molecular weight excluding hydrogens is 280 g/mol. The van der Waals surface area contributed by atoms with Crippen LogP contribution in [0.1, 0.15) is 19.0 Å². The Kier molecular flexibility index (Phi) is 5.79. The van der Waals surface area contributed by atoms with E-state index < -0.39 is 16.9 Å². The minimum absolute atomic E-state index is 0.0774. The maximum Gasteiger partial charge on any atom is 0.332 e. The van der Waals surface area contributed by atoms with Crippen molar-refractivity contribution in [1.29, 1.82) is 0 Å². The lowest BCUT2D eigenvalue weighted by molar-refractivity contribution is -0.385. The van der Waals surface area contributed by atoms with E-state index >= 15 is 0 Å². The van der Waals surface area contributed by atoms with Crippen LogP contribution in [0.2, 0.25) is 0 Å². The van der Waals surface area contributed by atoms with E-state index in [2.05, 4.69) is 20.6 Å². The molecule has 116 valence electrons. The van der Waals surface area contributed by atoms with Crippen LogP contribution in [0.15, 0.2) is 0 Å². The van der Waals surface area contributed by atoms with Gasteiger partial charge in [0.05, 0.1) is 11.5 Å². The van der Waals surface area contributed by atoms with Gasteiger partial charge in [0.15, 0.2) is 0 Å². The SMILES string of the molecule is CCCNc1nc(C)c([N+](=O)[O-])c(NCC(O)C(N)=O)n1. The number of aliphatic hydroxyl groups is 1. The van der Waals surface area contributed by atoms with Gasteiger partial charge in [-0.2, -0.15) is 4.98 Å². The second-order valence-corrected chi connectivity index (χ2v) is 4.31. The maximum absolute atomic E-state index is 11.1. The minimum Gasteiger partial charge on any atom is -0.381 e. The van der Waals surface area contributed by atoms with Crippen molar-refractivity contribution in [2.45, 2.75) is 26.4 Å². The molecule has 1 amide bonds. The molecule has 0 saturated heterocycles. The summed E-state index contributed by atoms with van der Waals surface area (Å²) in [5.41, 5.74) is 4.78. The average molecular weight is 298 g/mol. The molecule has 10 heteroatoms. The van der Waals surface area contributed by atoms with E-state index in [1.54, 1.807) is 0 Å². The Hall–Kier alpha value is -2.49. The van der Waals surface area contributed by atoms with E-state index in [-0.39, 0.29) is 29.7 Å². The summed E-state index contributed by atoms with van der Waals surface area (Å²) in [5.74, 6) is -0.775. The quantitative estimate of drug-likeness (QED) is 0.379. The van der Waals surface area contributed by atoms with Crippen molar-refractivity contribution < 1.29 is 14.8 Å². The van der Waals surface area contributed by atoms with Gasteiger partial charge in [-0.15, -0.1) is 0 Å². The van der Waals surface area contributed by atoms with Crippen molar-refractivity contribution in [3.05, 3.63) is 15.8 Å². The highest BCUT2D eigenvalue weighted by Gasteiger charge is 2.23. The molecule has 21 heavy (non-hydrogen) atoms. The lowest BCUT2D eigenvalue weighted by atomic mass is 10.3. The summed E-state index contributed by atoms with van der Waals surface area (Å²) in [7, 11) is 0. The van der Waals surface area contributed by atoms with Gasteiger partial charge in [-0.3, -0.25) is 14.9 Å². The molecule has 0 aliphatic carbocycles. The molecule has 0 fully saturated rings. The number of rotatable bonds is 8. The van der Waals surface area contributed by atoms with Crippen LogP contribution in [0.25, 0.3) is 0 Å². The topological polar surface area (TPSA) is 156 Å². The fourth-order valence-corrected chi connectivity index (χ4v) is 1.52. The summed E-state index contributed by atoms with van der Waals surface area (Å²) in [4.78, 5) is 29.2. The zero-order chi connectivity index (χ0) is 16.0. The van der Waals surface area contributed by atoms with Crippen molar-refractivity contribution >= 4 is 23.4 Å². The van der Waals surface area contributed by atoms with Gasteiger partial charge in [0.1, 0.15) is 11.8 Å². The fourth-order valence-electron chi connectivity index (χ4n) is 1.52. The van der Waals surface area contributed by atoms with E-state index in [9.17, 15) is 20.0 Å². The van der Waals surface area contributed by atoms with Gasteiger partial charge in [0.2, 0.25) is 17.7 Å². The molecule has 1 atom stereocenters. The van der Waals surface area contributed by atoms with Gasteiger partial charge in [-0.05, 0) is 13.3 Å². The van der Waals surface area contributed by atoms with Crippen LogP contribution in [0, 0.1) is 17.0 Å². The zero-order valence-corrected chi connectivity index (χ0v) is 11.8. The van der Waals surface area contributed by atoms with Crippen LogP contribution >= 0.6 is 0 Å². The Bertz CT molecular complexity index is 536. The number of carbonyl (C=O) groups is 1. The van der Waals surface area contributed by atoms with Gasteiger partial charge in [0.25, 0.3) is 0 Å². The summed E-state index contributed by atoms with van der Waals surface area (Å²) in [6, 6.07) is 0. The van der Waals surface area contributed by atoms with Crippen LogP contribution in [-0.4, -0.2) is 45.1 Å². The van der Waals surface area contributed by atoms with Crippen LogP contribution in [-0.2, 0) is 4.79 Å². The summed E-state index contributed by atoms with van der Waals surface area (Å²) in [6.45, 7) is 3.76. The third-order valence-electron chi connectivity index (χ3n) is 2.57. The Morgan fingerprint density at radius 1 is 1.48 bits per heavy atom. The van der Waals surface area contributed by atoms with Crippen molar-refractivity contribution in [1.82, 2.24) is 9.97 Å². The molecule has 1 unspecified atom stereocenters. The van der Waals surface area contributed by atoms with Crippen molar-refractivity contribution in [2.24, 2.45) is 5.73 Å². The molecule has 0 saturated carbocycles.